The molecule has 0 aliphatic carbocycles. The first-order chi connectivity index (χ1) is 15.1. The Balaban J connectivity index is 1.62. The number of amides is 1. The largest absolute Gasteiger partial charge is 0.493 e. The minimum atomic E-state index is -0.949. The second-order valence-electron chi connectivity index (χ2n) is 6.53. The molecule has 3 aromatic rings. The van der Waals surface area contributed by atoms with Crippen molar-refractivity contribution in [3.8, 4) is 17.6 Å². The van der Waals surface area contributed by atoms with E-state index in [1.807, 2.05) is 12.1 Å². The summed E-state index contributed by atoms with van der Waals surface area (Å²) >= 11 is 0. The summed E-state index contributed by atoms with van der Waals surface area (Å²) in [5, 5.41) is 13.2. The van der Waals surface area contributed by atoms with Crippen molar-refractivity contribution >= 4 is 12.1 Å². The minimum Gasteiger partial charge on any atom is -0.493 e. The van der Waals surface area contributed by atoms with Crippen molar-refractivity contribution in [1.29, 1.82) is 5.26 Å². The summed E-state index contributed by atoms with van der Waals surface area (Å²) in [4.78, 5) is 12.3. The van der Waals surface area contributed by atoms with E-state index in [2.05, 4.69) is 10.5 Å². The molecule has 0 fully saturated rings. The first-order valence-electron chi connectivity index (χ1n) is 9.43. The van der Waals surface area contributed by atoms with Gasteiger partial charge < -0.3 is 9.47 Å². The molecule has 0 aromatic heterocycles. The maximum Gasteiger partial charge on any atom is 0.261 e. The van der Waals surface area contributed by atoms with Crippen LogP contribution in [0, 0.1) is 17.1 Å². The lowest BCUT2D eigenvalue weighted by Gasteiger charge is -2.11. The molecular weight excluding hydrogens is 397 g/mol. The Bertz CT molecular complexity index is 1090. The molecule has 156 valence electrons. The Morgan fingerprint density at radius 2 is 1.87 bits per heavy atom. The fourth-order valence-corrected chi connectivity index (χ4v) is 2.79. The van der Waals surface area contributed by atoms with Crippen LogP contribution in [-0.4, -0.2) is 19.2 Å². The van der Waals surface area contributed by atoms with Crippen LogP contribution in [0.25, 0.3) is 0 Å². The summed E-state index contributed by atoms with van der Waals surface area (Å²) in [7, 11) is 1.51. The molecule has 0 unspecified atom stereocenters. The summed E-state index contributed by atoms with van der Waals surface area (Å²) in [6, 6.07) is 22.0. The monoisotopic (exact) mass is 417 g/mol. The molecule has 0 aliphatic rings. The average molecular weight is 417 g/mol. The van der Waals surface area contributed by atoms with Crippen LogP contribution in [0.3, 0.4) is 0 Å². The minimum absolute atomic E-state index is 0.259. The van der Waals surface area contributed by atoms with E-state index < -0.39 is 11.8 Å². The smallest absolute Gasteiger partial charge is 0.261 e. The SMILES string of the molecule is COc1cc(/C=N\NC(=O)[C@@H](C#N)c2ccccc2)ccc1OCc1ccc(F)cc1. The maximum absolute atomic E-state index is 13.0. The molecule has 6 nitrogen and oxygen atoms in total. The Morgan fingerprint density at radius 3 is 2.55 bits per heavy atom. The number of nitrogens with zero attached hydrogens (tertiary/aromatic N) is 2. The Morgan fingerprint density at radius 1 is 1.13 bits per heavy atom. The van der Waals surface area contributed by atoms with Gasteiger partial charge in [-0.25, -0.2) is 9.82 Å². The number of nitrogens with one attached hydrogen (secondary N) is 1. The molecule has 1 atom stereocenters. The highest BCUT2D eigenvalue weighted by Gasteiger charge is 2.19. The van der Waals surface area contributed by atoms with E-state index in [1.54, 1.807) is 54.6 Å². The van der Waals surface area contributed by atoms with Gasteiger partial charge in [0.05, 0.1) is 19.4 Å². The third-order valence-electron chi connectivity index (χ3n) is 4.41. The summed E-state index contributed by atoms with van der Waals surface area (Å²) in [5.74, 6) is -0.772. The summed E-state index contributed by atoms with van der Waals surface area (Å²) < 4.78 is 24.1. The van der Waals surface area contributed by atoms with Crippen molar-refractivity contribution in [3.05, 3.63) is 95.3 Å². The molecule has 7 heteroatoms. The van der Waals surface area contributed by atoms with Gasteiger partial charge in [-0.1, -0.05) is 42.5 Å². The molecule has 0 heterocycles. The van der Waals surface area contributed by atoms with Crippen LogP contribution in [0.4, 0.5) is 4.39 Å². The topological polar surface area (TPSA) is 83.7 Å². The zero-order chi connectivity index (χ0) is 22.1. The Labute approximate surface area is 179 Å². The number of benzene rings is 3. The van der Waals surface area contributed by atoms with Crippen molar-refractivity contribution in [2.75, 3.05) is 7.11 Å². The van der Waals surface area contributed by atoms with Gasteiger partial charge in [-0.05, 0) is 47.0 Å². The molecular formula is C24H20FN3O3. The van der Waals surface area contributed by atoms with E-state index in [1.165, 1.54) is 25.5 Å². The maximum atomic E-state index is 13.0. The lowest BCUT2D eigenvalue weighted by molar-refractivity contribution is -0.121. The molecule has 0 saturated carbocycles. The fourth-order valence-electron chi connectivity index (χ4n) is 2.79. The van der Waals surface area contributed by atoms with Crippen molar-refractivity contribution in [2.24, 2.45) is 5.10 Å². The van der Waals surface area contributed by atoms with E-state index in [0.717, 1.165) is 5.56 Å². The first kappa shape index (κ1) is 21.5. The normalized spacial score (nSPS) is 11.5. The molecule has 0 radical (unpaired) electrons. The van der Waals surface area contributed by atoms with Gasteiger partial charge >= 0.3 is 0 Å². The van der Waals surface area contributed by atoms with Crippen LogP contribution in [0.5, 0.6) is 11.5 Å². The van der Waals surface area contributed by atoms with Crippen LogP contribution in [0.15, 0.2) is 77.9 Å². The third-order valence-corrected chi connectivity index (χ3v) is 4.41. The van der Waals surface area contributed by atoms with Gasteiger partial charge in [-0.15, -0.1) is 0 Å². The highest BCUT2D eigenvalue weighted by molar-refractivity contribution is 5.88. The quantitative estimate of drug-likeness (QED) is 0.440. The van der Waals surface area contributed by atoms with Crippen molar-refractivity contribution in [2.45, 2.75) is 12.5 Å². The van der Waals surface area contributed by atoms with Crippen LogP contribution >= 0.6 is 0 Å². The van der Waals surface area contributed by atoms with Gasteiger partial charge in [0.2, 0.25) is 0 Å². The lowest BCUT2D eigenvalue weighted by Crippen LogP contribution is -2.24. The van der Waals surface area contributed by atoms with E-state index in [4.69, 9.17) is 9.47 Å². The third kappa shape index (κ3) is 5.90. The highest BCUT2D eigenvalue weighted by atomic mass is 19.1. The molecule has 31 heavy (non-hydrogen) atoms. The molecule has 1 amide bonds. The number of nitriles is 1. The predicted octanol–water partition coefficient (Wildman–Crippen LogP) is 4.17. The van der Waals surface area contributed by atoms with Gasteiger partial charge in [0, 0.05) is 0 Å². The molecule has 3 rings (SSSR count). The van der Waals surface area contributed by atoms with E-state index in [9.17, 15) is 14.4 Å². The zero-order valence-electron chi connectivity index (χ0n) is 16.8. The second kappa shape index (κ2) is 10.6. The molecule has 0 bridgehead atoms. The Kier molecular flexibility index (Phi) is 7.33. The van der Waals surface area contributed by atoms with E-state index in [-0.39, 0.29) is 12.4 Å². The average Bonchev–Trinajstić information content (AvgIpc) is 2.80. The second-order valence-corrected chi connectivity index (χ2v) is 6.53. The van der Waals surface area contributed by atoms with Crippen molar-refractivity contribution in [3.63, 3.8) is 0 Å². The summed E-state index contributed by atoms with van der Waals surface area (Å²) in [6.45, 7) is 0.259. The van der Waals surface area contributed by atoms with Gasteiger partial charge in [0.1, 0.15) is 12.4 Å². The van der Waals surface area contributed by atoms with Crippen LogP contribution in [-0.2, 0) is 11.4 Å². The van der Waals surface area contributed by atoms with Crippen molar-refractivity contribution < 1.29 is 18.7 Å². The number of hydrazone groups is 1. The number of methoxy groups -OCH3 is 1. The van der Waals surface area contributed by atoms with Crippen LogP contribution in [0.1, 0.15) is 22.6 Å². The number of hydrogen-bond acceptors (Lipinski definition) is 5. The number of rotatable bonds is 8. The molecule has 1 N–H and O–H groups in total. The van der Waals surface area contributed by atoms with Gasteiger partial charge in [-0.3, -0.25) is 4.79 Å². The summed E-state index contributed by atoms with van der Waals surface area (Å²) in [5.41, 5.74) is 4.48. The van der Waals surface area contributed by atoms with Crippen LogP contribution in [0.2, 0.25) is 0 Å². The molecule has 3 aromatic carbocycles. The molecule has 0 spiro atoms. The highest BCUT2D eigenvalue weighted by Crippen LogP contribution is 2.28. The van der Waals surface area contributed by atoms with Gasteiger partial charge in [0.25, 0.3) is 5.91 Å². The molecule has 0 aliphatic heterocycles. The standard InChI is InChI=1S/C24H20FN3O3/c1-30-23-13-18(9-12-22(23)31-16-17-7-10-20(25)11-8-17)15-27-28-24(29)21(14-26)19-5-3-2-4-6-19/h2-13,15,21H,16H2,1H3,(H,28,29)/b27-15-/t21-/m0/s1. The van der Waals surface area contributed by atoms with Gasteiger partial charge in [0.15, 0.2) is 17.4 Å². The summed E-state index contributed by atoms with van der Waals surface area (Å²) in [6.07, 6.45) is 1.45. The molecule has 0 saturated heterocycles. The number of ether oxygens (including phenoxy) is 2. The fraction of sp³-hybridized carbons (Fsp3) is 0.125. The lowest BCUT2D eigenvalue weighted by atomic mass is 10.0. The van der Waals surface area contributed by atoms with E-state index in [0.29, 0.717) is 22.6 Å². The van der Waals surface area contributed by atoms with E-state index >= 15 is 0 Å². The zero-order valence-corrected chi connectivity index (χ0v) is 16.8. The first-order valence-corrected chi connectivity index (χ1v) is 9.43. The predicted molar refractivity (Wildman–Crippen MR) is 114 cm³/mol. The Hall–Kier alpha value is -4.18. The number of hydrogen-bond donors (Lipinski definition) is 1. The number of halogens is 1. The van der Waals surface area contributed by atoms with Crippen LogP contribution < -0.4 is 14.9 Å². The van der Waals surface area contributed by atoms with Crippen molar-refractivity contribution in [1.82, 2.24) is 5.43 Å². The number of carbonyl (C=O) groups is 1. The van der Waals surface area contributed by atoms with Gasteiger partial charge in [-0.2, -0.15) is 10.4 Å². The number of carbonyl (C=O) groups excluding carboxylic acids is 1.